The predicted octanol–water partition coefficient (Wildman–Crippen LogP) is 2.81. The average molecular weight is 375 g/mol. The summed E-state index contributed by atoms with van der Waals surface area (Å²) >= 11 is 0. The fraction of sp³-hybridized carbons (Fsp3) is 0.650. The molecule has 0 aliphatic carbocycles. The molecule has 7 heteroatoms. The Kier molecular flexibility index (Phi) is 4.97. The van der Waals surface area contributed by atoms with Gasteiger partial charge in [0.1, 0.15) is 18.0 Å². The van der Waals surface area contributed by atoms with Crippen LogP contribution in [0.5, 0.6) is 5.75 Å². The van der Waals surface area contributed by atoms with Gasteiger partial charge in [-0.1, -0.05) is 12.1 Å². The quantitative estimate of drug-likeness (QED) is 0.806. The van der Waals surface area contributed by atoms with E-state index < -0.39 is 30.0 Å². The van der Waals surface area contributed by atoms with Gasteiger partial charge < -0.3 is 24.1 Å². The van der Waals surface area contributed by atoms with E-state index >= 15 is 0 Å². The summed E-state index contributed by atoms with van der Waals surface area (Å²) in [4.78, 5) is 12.1. The molecule has 148 valence electrons. The Hall–Kier alpha value is -1.73. The highest BCUT2D eigenvalue weighted by molar-refractivity contribution is 6.62. The second-order valence-electron chi connectivity index (χ2n) is 9.27. The molecule has 0 aromatic heterocycles. The van der Waals surface area contributed by atoms with Crippen molar-refractivity contribution in [2.24, 2.45) is 0 Å². The molecule has 0 spiro atoms. The maximum absolute atomic E-state index is 12.1. The molecule has 1 fully saturated rings. The Balaban J connectivity index is 1.78. The highest BCUT2D eigenvalue weighted by atomic mass is 16.7. The van der Waals surface area contributed by atoms with Crippen molar-refractivity contribution in [1.82, 2.24) is 5.32 Å². The van der Waals surface area contributed by atoms with E-state index in [1.54, 1.807) is 0 Å². The minimum absolute atomic E-state index is 0.170. The van der Waals surface area contributed by atoms with E-state index in [0.717, 1.165) is 16.8 Å². The maximum atomic E-state index is 12.1. The van der Waals surface area contributed by atoms with Gasteiger partial charge in [0.05, 0.1) is 17.2 Å². The minimum Gasteiger partial charge on any atom is -0.491 e. The third-order valence-corrected chi connectivity index (χ3v) is 5.29. The molecular weight excluding hydrogens is 345 g/mol. The number of amides is 1. The van der Waals surface area contributed by atoms with Gasteiger partial charge in [-0.2, -0.15) is 0 Å². The van der Waals surface area contributed by atoms with Crippen molar-refractivity contribution in [3.8, 4) is 5.75 Å². The van der Waals surface area contributed by atoms with Crippen molar-refractivity contribution in [2.75, 3.05) is 6.61 Å². The number of hydrogen-bond acceptors (Lipinski definition) is 5. The van der Waals surface area contributed by atoms with Crippen molar-refractivity contribution in [3.05, 3.63) is 23.8 Å². The Morgan fingerprint density at radius 3 is 2.41 bits per heavy atom. The zero-order chi connectivity index (χ0) is 20.0. The molecule has 0 radical (unpaired) electrons. The summed E-state index contributed by atoms with van der Waals surface area (Å²) in [5, 5.41) is 2.90. The summed E-state index contributed by atoms with van der Waals surface area (Å²) in [5.74, 6) is 0.810. The van der Waals surface area contributed by atoms with E-state index in [1.165, 1.54) is 0 Å². The van der Waals surface area contributed by atoms with Crippen LogP contribution in [0.2, 0.25) is 0 Å². The van der Waals surface area contributed by atoms with Crippen LogP contribution in [-0.4, -0.2) is 42.7 Å². The number of alkyl carbamates (subject to hydrolysis) is 1. The van der Waals surface area contributed by atoms with Crippen LogP contribution < -0.4 is 15.5 Å². The first-order chi connectivity index (χ1) is 12.4. The molecule has 2 aliphatic rings. The van der Waals surface area contributed by atoms with E-state index in [-0.39, 0.29) is 6.04 Å². The number of rotatable bonds is 2. The highest BCUT2D eigenvalue weighted by Crippen LogP contribution is 2.37. The molecule has 0 unspecified atom stereocenters. The van der Waals surface area contributed by atoms with Gasteiger partial charge in [-0.15, -0.1) is 0 Å². The molecular formula is C20H30BNO5. The van der Waals surface area contributed by atoms with Crippen molar-refractivity contribution < 1.29 is 23.6 Å². The summed E-state index contributed by atoms with van der Waals surface area (Å²) in [7, 11) is -0.464. The standard InChI is InChI=1S/C20H30BNO5/c1-18(2,3)25-17(23)22-13-11-14-15(9-8-10-16(14)24-12-13)21-26-19(4,5)20(6,7)27-21/h8-10,13H,11-12H2,1-7H3,(H,22,23)/t13-/m0/s1. The van der Waals surface area contributed by atoms with Gasteiger partial charge in [0.25, 0.3) is 0 Å². The van der Waals surface area contributed by atoms with Crippen LogP contribution in [0.1, 0.15) is 54.0 Å². The number of hydrogen-bond donors (Lipinski definition) is 1. The largest absolute Gasteiger partial charge is 0.495 e. The van der Waals surface area contributed by atoms with Crippen LogP contribution in [0.3, 0.4) is 0 Å². The summed E-state index contributed by atoms with van der Waals surface area (Å²) in [6.07, 6.45) is 0.196. The Bertz CT molecular complexity index is 710. The van der Waals surface area contributed by atoms with Crippen molar-refractivity contribution in [1.29, 1.82) is 0 Å². The fourth-order valence-electron chi connectivity index (χ4n) is 3.19. The first-order valence-corrected chi connectivity index (χ1v) is 9.48. The fourth-order valence-corrected chi connectivity index (χ4v) is 3.19. The Labute approximate surface area is 162 Å². The number of carbonyl (C=O) groups excluding carboxylic acids is 1. The topological polar surface area (TPSA) is 66.0 Å². The summed E-state index contributed by atoms with van der Waals surface area (Å²) in [5.41, 5.74) is 0.588. The monoisotopic (exact) mass is 375 g/mol. The van der Waals surface area contributed by atoms with E-state index in [9.17, 15) is 4.79 Å². The second kappa shape index (κ2) is 6.71. The van der Waals surface area contributed by atoms with Crippen molar-refractivity contribution in [2.45, 2.75) is 77.7 Å². The van der Waals surface area contributed by atoms with Gasteiger partial charge in [0.2, 0.25) is 0 Å². The number of carbonyl (C=O) groups is 1. The van der Waals surface area contributed by atoms with Crippen molar-refractivity contribution in [3.63, 3.8) is 0 Å². The summed E-state index contributed by atoms with van der Waals surface area (Å²) in [6, 6.07) is 5.71. The molecule has 0 saturated carbocycles. The van der Waals surface area contributed by atoms with E-state index in [4.69, 9.17) is 18.8 Å². The molecule has 2 aliphatic heterocycles. The molecule has 6 nitrogen and oxygen atoms in total. The van der Waals surface area contributed by atoms with Crippen LogP contribution in [-0.2, 0) is 20.5 Å². The Morgan fingerprint density at radius 2 is 1.81 bits per heavy atom. The lowest BCUT2D eigenvalue weighted by Crippen LogP contribution is -2.47. The van der Waals surface area contributed by atoms with E-state index in [1.807, 2.05) is 66.7 Å². The van der Waals surface area contributed by atoms with Crippen molar-refractivity contribution >= 4 is 18.7 Å². The average Bonchev–Trinajstić information content (AvgIpc) is 2.72. The van der Waals surface area contributed by atoms with Gasteiger partial charge in [-0.05, 0) is 72.0 Å². The first-order valence-electron chi connectivity index (χ1n) is 9.48. The molecule has 1 aromatic rings. The number of benzene rings is 1. The third-order valence-electron chi connectivity index (χ3n) is 5.29. The van der Waals surface area contributed by atoms with E-state index in [2.05, 4.69) is 5.32 Å². The van der Waals surface area contributed by atoms with Crippen LogP contribution in [0, 0.1) is 0 Å². The molecule has 1 saturated heterocycles. The molecule has 1 amide bonds. The SMILES string of the molecule is CC(C)(C)OC(=O)N[C@@H]1COc2cccc(B3OC(C)(C)C(C)(C)O3)c2C1. The van der Waals surface area contributed by atoms with Gasteiger partial charge in [0, 0.05) is 0 Å². The predicted molar refractivity (Wildman–Crippen MR) is 105 cm³/mol. The van der Waals surface area contributed by atoms with Crippen LogP contribution in [0.25, 0.3) is 0 Å². The first kappa shape index (κ1) is 20.0. The summed E-state index contributed by atoms with van der Waals surface area (Å²) in [6.45, 7) is 14.1. The lowest BCUT2D eigenvalue weighted by atomic mass is 9.74. The molecule has 2 heterocycles. The summed E-state index contributed by atoms with van der Waals surface area (Å²) < 4.78 is 23.7. The van der Waals surface area contributed by atoms with Crippen LogP contribution in [0.15, 0.2) is 18.2 Å². The molecule has 27 heavy (non-hydrogen) atoms. The minimum atomic E-state index is -0.536. The lowest BCUT2D eigenvalue weighted by Gasteiger charge is -2.32. The van der Waals surface area contributed by atoms with Gasteiger partial charge in [0.15, 0.2) is 0 Å². The second-order valence-corrected chi connectivity index (χ2v) is 9.27. The zero-order valence-electron chi connectivity index (χ0n) is 17.3. The Morgan fingerprint density at radius 1 is 1.19 bits per heavy atom. The molecule has 1 N–H and O–H groups in total. The van der Waals surface area contributed by atoms with Crippen LogP contribution >= 0.6 is 0 Å². The van der Waals surface area contributed by atoms with Crippen LogP contribution in [0.4, 0.5) is 4.79 Å². The van der Waals surface area contributed by atoms with E-state index in [0.29, 0.717) is 13.0 Å². The van der Waals surface area contributed by atoms with Gasteiger partial charge in [-0.25, -0.2) is 4.79 Å². The molecule has 0 bridgehead atoms. The third kappa shape index (κ3) is 4.24. The van der Waals surface area contributed by atoms with Gasteiger partial charge in [-0.3, -0.25) is 0 Å². The van der Waals surface area contributed by atoms with Gasteiger partial charge >= 0.3 is 13.2 Å². The lowest BCUT2D eigenvalue weighted by molar-refractivity contribution is 0.00578. The molecule has 3 rings (SSSR count). The number of ether oxygens (including phenoxy) is 2. The zero-order valence-corrected chi connectivity index (χ0v) is 17.3. The smallest absolute Gasteiger partial charge is 0.491 e. The highest BCUT2D eigenvalue weighted by Gasteiger charge is 2.52. The number of fused-ring (bicyclic) bond motifs is 1. The normalized spacial score (nSPS) is 23.4. The number of nitrogens with one attached hydrogen (secondary N) is 1. The maximum Gasteiger partial charge on any atom is 0.495 e. The molecule has 1 atom stereocenters. The molecule has 1 aromatic carbocycles.